The molecule has 0 heterocycles. The van der Waals surface area contributed by atoms with E-state index >= 15 is 0 Å². The molecule has 1 aliphatic carbocycles. The minimum absolute atomic E-state index is 0.0641. The van der Waals surface area contributed by atoms with Crippen LogP contribution in [0.2, 0.25) is 0 Å². The normalized spacial score (nSPS) is 12.3. The number of hydrogen-bond donors (Lipinski definition) is 0. The number of ketones is 2. The zero-order valence-electron chi connectivity index (χ0n) is 9.51. The third kappa shape index (κ3) is 2.81. The third-order valence-electron chi connectivity index (χ3n) is 2.83. The molecule has 2 nitrogen and oxygen atoms in total. The van der Waals surface area contributed by atoms with Crippen LogP contribution in [-0.2, 0) is 16.5 Å². The van der Waals surface area contributed by atoms with Gasteiger partial charge in [0.1, 0.15) is 0 Å². The van der Waals surface area contributed by atoms with Crippen LogP contribution in [0.3, 0.4) is 0 Å². The summed E-state index contributed by atoms with van der Waals surface area (Å²) in [7, 11) is 9.75. The van der Waals surface area contributed by atoms with Gasteiger partial charge < -0.3 is 0 Å². The fourth-order valence-corrected chi connectivity index (χ4v) is 2.05. The number of benzene rings is 2. The third-order valence-corrected chi connectivity index (χ3v) is 2.83. The van der Waals surface area contributed by atoms with E-state index < -0.39 is 16.5 Å². The van der Waals surface area contributed by atoms with Crippen LogP contribution in [0.4, 0.5) is 0 Å². The molecule has 3 rings (SSSR count). The predicted octanol–water partition coefficient (Wildman–Crippen LogP) is 3.84. The van der Waals surface area contributed by atoms with Crippen LogP contribution in [0.1, 0.15) is 31.8 Å². The minimum atomic E-state index is -0.472. The van der Waals surface area contributed by atoms with Gasteiger partial charge in [0, 0.05) is 22.3 Å². The van der Waals surface area contributed by atoms with E-state index in [0.29, 0.717) is 22.3 Å². The van der Waals surface area contributed by atoms with Crippen LogP contribution in [0, 0.1) is 0 Å². The van der Waals surface area contributed by atoms with Crippen molar-refractivity contribution in [1.82, 2.24) is 0 Å². The quantitative estimate of drug-likeness (QED) is 0.497. The summed E-state index contributed by atoms with van der Waals surface area (Å²) in [6.07, 6.45) is 0. The molecule has 0 amide bonds. The molecule has 0 aliphatic heterocycles. The summed E-state index contributed by atoms with van der Waals surface area (Å²) >= 11 is -0.472. The Morgan fingerprint density at radius 3 is 1.05 bits per heavy atom. The molecule has 0 aromatic heterocycles. The van der Waals surface area contributed by atoms with E-state index in [1.165, 1.54) is 0 Å². The van der Waals surface area contributed by atoms with Crippen molar-refractivity contribution in [3.8, 4) is 0 Å². The van der Waals surface area contributed by atoms with Crippen LogP contribution < -0.4 is 0 Å². The van der Waals surface area contributed by atoms with Gasteiger partial charge in [-0.1, -0.05) is 48.5 Å². The zero-order valence-corrected chi connectivity index (χ0v) is 13.3. The molecule has 0 N–H and O–H groups in total. The van der Waals surface area contributed by atoms with Gasteiger partial charge >= 0.3 is 35.3 Å². The van der Waals surface area contributed by atoms with Gasteiger partial charge in [-0.15, -0.1) is 0 Å². The molecule has 0 radical (unpaired) electrons. The Morgan fingerprint density at radius 2 is 0.842 bits per heavy atom. The summed E-state index contributed by atoms with van der Waals surface area (Å²) in [5, 5.41) is 0. The Balaban J connectivity index is 0.000000408. The summed E-state index contributed by atoms with van der Waals surface area (Å²) < 4.78 is 0. The molecule has 2 aromatic rings. The van der Waals surface area contributed by atoms with E-state index in [4.69, 9.17) is 18.8 Å². The molecular formula is C14H8Cl2O2Pt. The second-order valence-electron chi connectivity index (χ2n) is 3.79. The van der Waals surface area contributed by atoms with Gasteiger partial charge in [-0.25, -0.2) is 0 Å². The Labute approximate surface area is 127 Å². The summed E-state index contributed by atoms with van der Waals surface area (Å²) in [6.45, 7) is 0. The Hall–Kier alpha value is -0.952. The number of rotatable bonds is 0. The first kappa shape index (κ1) is 14.5. The monoisotopic (exact) mass is 473 g/mol. The molecule has 1 aliphatic rings. The van der Waals surface area contributed by atoms with Crippen LogP contribution in [-0.4, -0.2) is 11.6 Å². The first-order chi connectivity index (χ1) is 9.20. The molecule has 0 atom stereocenters. The van der Waals surface area contributed by atoms with Crippen molar-refractivity contribution in [3.63, 3.8) is 0 Å². The molecule has 19 heavy (non-hydrogen) atoms. The van der Waals surface area contributed by atoms with E-state index in [1.54, 1.807) is 48.5 Å². The fraction of sp³-hybridized carbons (Fsp3) is 0. The predicted molar refractivity (Wildman–Crippen MR) is 71.5 cm³/mol. The van der Waals surface area contributed by atoms with Gasteiger partial charge in [-0.2, -0.15) is 0 Å². The van der Waals surface area contributed by atoms with Crippen molar-refractivity contribution in [2.24, 2.45) is 0 Å². The van der Waals surface area contributed by atoms with Gasteiger partial charge in [-0.3, -0.25) is 9.59 Å². The van der Waals surface area contributed by atoms with Gasteiger partial charge in [0.05, 0.1) is 0 Å². The SMILES string of the molecule is O=C1c2ccccc2C(=O)c2ccccc21.[Cl][Pt][Cl]. The van der Waals surface area contributed by atoms with Crippen molar-refractivity contribution < 1.29 is 26.1 Å². The van der Waals surface area contributed by atoms with Crippen molar-refractivity contribution in [1.29, 1.82) is 0 Å². The maximum atomic E-state index is 12.1. The molecule has 100 valence electrons. The molecule has 0 saturated heterocycles. The first-order valence-corrected chi connectivity index (χ1v) is 10.9. The van der Waals surface area contributed by atoms with Crippen molar-refractivity contribution >= 4 is 30.4 Å². The zero-order chi connectivity index (χ0) is 13.8. The van der Waals surface area contributed by atoms with Crippen LogP contribution in [0.5, 0.6) is 0 Å². The molecule has 0 bridgehead atoms. The summed E-state index contributed by atoms with van der Waals surface area (Å²) in [5.74, 6) is -0.128. The van der Waals surface area contributed by atoms with E-state index in [0.717, 1.165) is 0 Å². The van der Waals surface area contributed by atoms with Gasteiger partial charge in [0.15, 0.2) is 11.6 Å². The standard InChI is InChI=1S/C14H8O2.2ClH.Pt/c15-13-9-5-1-2-6-10(9)14(16)12-8-4-3-7-11(12)13;;;/h1-8H;2*1H;/q;;;+2/p-2. The number of fused-ring (bicyclic) bond motifs is 2. The van der Waals surface area contributed by atoms with E-state index in [2.05, 4.69) is 0 Å². The van der Waals surface area contributed by atoms with Gasteiger partial charge in [-0.05, 0) is 0 Å². The topological polar surface area (TPSA) is 34.1 Å². The molecule has 0 unspecified atom stereocenters. The molecule has 0 spiro atoms. The average molecular weight is 474 g/mol. The molecule has 2 aromatic carbocycles. The fourth-order valence-electron chi connectivity index (χ4n) is 2.05. The van der Waals surface area contributed by atoms with Crippen LogP contribution >= 0.6 is 18.8 Å². The number of carbonyl (C=O) groups is 2. The number of halogens is 2. The Morgan fingerprint density at radius 1 is 0.632 bits per heavy atom. The van der Waals surface area contributed by atoms with Crippen molar-refractivity contribution in [2.75, 3.05) is 0 Å². The van der Waals surface area contributed by atoms with E-state index in [1.807, 2.05) is 0 Å². The summed E-state index contributed by atoms with van der Waals surface area (Å²) in [5.41, 5.74) is 2.02. The van der Waals surface area contributed by atoms with Crippen molar-refractivity contribution in [2.45, 2.75) is 0 Å². The first-order valence-electron chi connectivity index (χ1n) is 5.30. The molecule has 0 saturated carbocycles. The van der Waals surface area contributed by atoms with E-state index in [-0.39, 0.29) is 11.6 Å². The summed E-state index contributed by atoms with van der Waals surface area (Å²) in [4.78, 5) is 24.2. The van der Waals surface area contributed by atoms with Gasteiger partial charge in [0.2, 0.25) is 0 Å². The summed E-state index contributed by atoms with van der Waals surface area (Å²) in [6, 6.07) is 13.9. The van der Waals surface area contributed by atoms with Gasteiger partial charge in [0.25, 0.3) is 0 Å². The molecule has 0 fully saturated rings. The molecular weight excluding hydrogens is 466 g/mol. The second-order valence-corrected chi connectivity index (χ2v) is 7.08. The second kappa shape index (κ2) is 6.47. The number of carbonyl (C=O) groups excluding carboxylic acids is 2. The maximum absolute atomic E-state index is 12.1. The number of hydrogen-bond acceptors (Lipinski definition) is 2. The Bertz CT molecular complexity index is 535. The van der Waals surface area contributed by atoms with Crippen molar-refractivity contribution in [3.05, 3.63) is 70.8 Å². The average Bonchev–Trinajstić information content (AvgIpc) is 2.46. The molecule has 5 heteroatoms. The van der Waals surface area contributed by atoms with Crippen LogP contribution in [0.25, 0.3) is 0 Å². The van der Waals surface area contributed by atoms with Crippen LogP contribution in [0.15, 0.2) is 48.5 Å². The Kier molecular flexibility index (Phi) is 4.92. The van der Waals surface area contributed by atoms with E-state index in [9.17, 15) is 9.59 Å².